The zero-order valence-electron chi connectivity index (χ0n) is 23.2. The Bertz CT molecular complexity index is 1630. The molecule has 214 valence electrons. The van der Waals surface area contributed by atoms with Gasteiger partial charge < -0.3 is 15.0 Å². The molecule has 4 atom stereocenters. The molecular formula is C31H33ClF2N6O. The van der Waals surface area contributed by atoms with Crippen molar-refractivity contribution in [2.75, 3.05) is 38.2 Å². The summed E-state index contributed by atoms with van der Waals surface area (Å²) < 4.78 is 37.2. The zero-order valence-corrected chi connectivity index (χ0v) is 24.0. The molecule has 0 bridgehead atoms. The van der Waals surface area contributed by atoms with Gasteiger partial charge in [0.05, 0.1) is 10.9 Å². The second kappa shape index (κ2) is 10.3. The van der Waals surface area contributed by atoms with E-state index in [2.05, 4.69) is 32.0 Å². The molecule has 3 saturated heterocycles. The minimum atomic E-state index is -0.868. The molecule has 5 heterocycles. The number of aromatic nitrogens is 3. The Morgan fingerprint density at radius 1 is 1.22 bits per heavy atom. The average molecular weight is 579 g/mol. The molecule has 3 aliphatic rings. The van der Waals surface area contributed by atoms with Gasteiger partial charge in [0.15, 0.2) is 5.82 Å². The lowest BCUT2D eigenvalue weighted by Crippen LogP contribution is -2.43. The first kappa shape index (κ1) is 26.7. The molecule has 1 N–H and O–H groups in total. The highest BCUT2D eigenvalue weighted by Gasteiger charge is 2.49. The van der Waals surface area contributed by atoms with E-state index in [0.717, 1.165) is 43.1 Å². The Labute approximate surface area is 242 Å². The average Bonchev–Trinajstić information content (AvgIpc) is 3.65. The maximum absolute atomic E-state index is 16.6. The van der Waals surface area contributed by atoms with Gasteiger partial charge in [-0.1, -0.05) is 41.9 Å². The van der Waals surface area contributed by atoms with E-state index < -0.39 is 12.0 Å². The number of fused-ring (bicyclic) bond motifs is 3. The minimum absolute atomic E-state index is 0.0912. The fourth-order valence-corrected chi connectivity index (χ4v) is 7.50. The van der Waals surface area contributed by atoms with Gasteiger partial charge in [-0.3, -0.25) is 9.88 Å². The number of likely N-dealkylation sites (N-methyl/N-ethyl adjacent to an activating group) is 1. The van der Waals surface area contributed by atoms with Gasteiger partial charge in [-0.2, -0.15) is 9.97 Å². The fraction of sp³-hybridized carbons (Fsp3) is 0.452. The van der Waals surface area contributed by atoms with Crippen molar-refractivity contribution in [2.24, 2.45) is 0 Å². The maximum Gasteiger partial charge on any atom is 0.319 e. The number of rotatable bonds is 6. The van der Waals surface area contributed by atoms with Crippen LogP contribution in [-0.4, -0.2) is 76.9 Å². The van der Waals surface area contributed by atoms with Crippen molar-refractivity contribution in [1.82, 2.24) is 25.2 Å². The smallest absolute Gasteiger partial charge is 0.319 e. The first-order chi connectivity index (χ1) is 19.8. The molecule has 4 aromatic rings. The summed E-state index contributed by atoms with van der Waals surface area (Å²) in [5, 5.41) is 6.15. The standard InChI is InChI=1S/C31H33ClF2N6O/c1-18-24(10-12-35-18)39(2)29-22-15-36-27(21-8-3-6-19-7-4-9-23(32)25(19)21)26(34)28(22)37-30(38-29)41-17-31-11-5-13-40(31)16-20(33)14-31/h3-4,6-9,15,18,20,24,35H,5,10-14,16-17H2,1-2H3/t18-,20-,24-,31+/m1/s1. The first-order valence-electron chi connectivity index (χ1n) is 14.4. The predicted molar refractivity (Wildman–Crippen MR) is 158 cm³/mol. The molecule has 2 aromatic carbocycles. The second-order valence-corrected chi connectivity index (χ2v) is 12.1. The molecule has 0 aliphatic carbocycles. The third-order valence-corrected chi connectivity index (χ3v) is 9.61. The van der Waals surface area contributed by atoms with Gasteiger partial charge in [-0.05, 0) is 50.7 Å². The molecule has 0 radical (unpaired) electrons. The molecule has 7 rings (SSSR count). The number of anilines is 1. The molecule has 0 spiro atoms. The van der Waals surface area contributed by atoms with Crippen LogP contribution in [0.2, 0.25) is 5.02 Å². The minimum Gasteiger partial charge on any atom is -0.461 e. The SMILES string of the molecule is C[C@H]1NCC[C@H]1N(C)c1nc(OC[C@@]23CCCN2C[C@H](F)C3)nc2c(F)c(-c3cccc4cccc(Cl)c34)ncc12. The van der Waals surface area contributed by atoms with Crippen molar-refractivity contribution >= 4 is 39.1 Å². The Kier molecular flexibility index (Phi) is 6.71. The van der Waals surface area contributed by atoms with Gasteiger partial charge in [0.2, 0.25) is 0 Å². The highest BCUT2D eigenvalue weighted by atomic mass is 35.5. The zero-order chi connectivity index (χ0) is 28.3. The number of halogens is 3. The number of nitrogens with zero attached hydrogens (tertiary/aromatic N) is 5. The Morgan fingerprint density at radius 2 is 2.05 bits per heavy atom. The van der Waals surface area contributed by atoms with Gasteiger partial charge in [-0.15, -0.1) is 0 Å². The molecule has 2 aromatic heterocycles. The molecule has 0 amide bonds. The van der Waals surface area contributed by atoms with Crippen LogP contribution in [0, 0.1) is 5.82 Å². The summed E-state index contributed by atoms with van der Waals surface area (Å²) in [4.78, 5) is 18.3. The summed E-state index contributed by atoms with van der Waals surface area (Å²) in [5.74, 6) is 0.00906. The Balaban J connectivity index is 1.35. The van der Waals surface area contributed by atoms with Crippen LogP contribution in [0.1, 0.15) is 32.6 Å². The van der Waals surface area contributed by atoms with E-state index in [1.807, 2.05) is 37.4 Å². The van der Waals surface area contributed by atoms with E-state index in [1.165, 1.54) is 0 Å². The normalized spacial score (nSPS) is 26.2. The summed E-state index contributed by atoms with van der Waals surface area (Å²) in [6, 6.07) is 11.7. The molecular weight excluding hydrogens is 546 g/mol. The van der Waals surface area contributed by atoms with Crippen LogP contribution in [0.3, 0.4) is 0 Å². The lowest BCUT2D eigenvalue weighted by molar-refractivity contribution is 0.107. The molecule has 7 nitrogen and oxygen atoms in total. The highest BCUT2D eigenvalue weighted by Crippen LogP contribution is 2.41. The Hall–Kier alpha value is -3.14. The van der Waals surface area contributed by atoms with E-state index >= 15 is 4.39 Å². The number of nitrogens with one attached hydrogen (secondary N) is 1. The van der Waals surface area contributed by atoms with Crippen LogP contribution in [0.15, 0.2) is 42.6 Å². The van der Waals surface area contributed by atoms with E-state index in [0.29, 0.717) is 34.8 Å². The predicted octanol–water partition coefficient (Wildman–Crippen LogP) is 5.78. The maximum atomic E-state index is 16.6. The fourth-order valence-electron chi connectivity index (χ4n) is 7.21. The summed E-state index contributed by atoms with van der Waals surface area (Å²) in [7, 11) is 1.97. The molecule has 3 fully saturated rings. The van der Waals surface area contributed by atoms with Crippen LogP contribution in [0.5, 0.6) is 6.01 Å². The second-order valence-electron chi connectivity index (χ2n) is 11.7. The molecule has 3 aliphatic heterocycles. The van der Waals surface area contributed by atoms with E-state index in [9.17, 15) is 4.39 Å². The van der Waals surface area contributed by atoms with Crippen molar-refractivity contribution in [3.8, 4) is 17.3 Å². The number of benzene rings is 2. The summed E-state index contributed by atoms with van der Waals surface area (Å²) in [5.41, 5.74) is 0.537. The van der Waals surface area contributed by atoms with Crippen molar-refractivity contribution in [2.45, 2.75) is 56.4 Å². The third-order valence-electron chi connectivity index (χ3n) is 9.30. The van der Waals surface area contributed by atoms with Gasteiger partial charge in [-0.25, -0.2) is 8.78 Å². The van der Waals surface area contributed by atoms with Crippen molar-refractivity contribution in [1.29, 1.82) is 0 Å². The van der Waals surface area contributed by atoms with Gasteiger partial charge >= 0.3 is 6.01 Å². The van der Waals surface area contributed by atoms with E-state index in [-0.39, 0.29) is 41.5 Å². The summed E-state index contributed by atoms with van der Waals surface area (Å²) in [6.07, 6.45) is 4.01. The first-order valence-corrected chi connectivity index (χ1v) is 14.7. The highest BCUT2D eigenvalue weighted by molar-refractivity contribution is 6.36. The molecule has 41 heavy (non-hydrogen) atoms. The third kappa shape index (κ3) is 4.49. The van der Waals surface area contributed by atoms with Crippen LogP contribution in [0.4, 0.5) is 14.6 Å². The van der Waals surface area contributed by atoms with E-state index in [4.69, 9.17) is 21.3 Å². The summed E-state index contributed by atoms with van der Waals surface area (Å²) in [6.45, 7) is 4.59. The topological polar surface area (TPSA) is 66.4 Å². The quantitative estimate of drug-likeness (QED) is 0.311. The van der Waals surface area contributed by atoms with Crippen LogP contribution < -0.4 is 15.0 Å². The lowest BCUT2D eigenvalue weighted by atomic mass is 9.95. The van der Waals surface area contributed by atoms with Crippen molar-refractivity contribution in [3.63, 3.8) is 0 Å². The van der Waals surface area contributed by atoms with Crippen LogP contribution in [-0.2, 0) is 0 Å². The number of hydrogen-bond acceptors (Lipinski definition) is 7. The number of ether oxygens (including phenoxy) is 1. The number of alkyl halides is 1. The van der Waals surface area contributed by atoms with Crippen LogP contribution in [0.25, 0.3) is 32.9 Å². The van der Waals surface area contributed by atoms with E-state index in [1.54, 1.807) is 12.3 Å². The molecule has 10 heteroatoms. The van der Waals surface area contributed by atoms with Crippen molar-refractivity contribution < 1.29 is 13.5 Å². The monoisotopic (exact) mass is 578 g/mol. The van der Waals surface area contributed by atoms with Crippen LogP contribution >= 0.6 is 11.6 Å². The van der Waals surface area contributed by atoms with Crippen molar-refractivity contribution in [3.05, 3.63) is 53.4 Å². The number of pyridine rings is 1. The van der Waals surface area contributed by atoms with Gasteiger partial charge in [0.1, 0.15) is 29.8 Å². The molecule has 0 unspecified atom stereocenters. The largest absolute Gasteiger partial charge is 0.461 e. The number of hydrogen-bond donors (Lipinski definition) is 1. The molecule has 0 saturated carbocycles. The lowest BCUT2D eigenvalue weighted by Gasteiger charge is -2.31. The summed E-state index contributed by atoms with van der Waals surface area (Å²) >= 11 is 6.58. The van der Waals surface area contributed by atoms with Gasteiger partial charge in [0.25, 0.3) is 0 Å². The van der Waals surface area contributed by atoms with Gasteiger partial charge in [0, 0.05) is 54.3 Å². The Morgan fingerprint density at radius 3 is 2.85 bits per heavy atom.